The smallest absolute Gasteiger partial charge is 0.0540 e. The van der Waals surface area contributed by atoms with Gasteiger partial charge in [-0.15, -0.1) is 0 Å². The molecule has 68 valence electrons. The average Bonchev–Trinajstić information content (AvgIpc) is 2.79. The van der Waals surface area contributed by atoms with Crippen LogP contribution in [0.4, 0.5) is 0 Å². The first-order valence-electron chi connectivity index (χ1n) is 4.18. The maximum Gasteiger partial charge on any atom is 0.0540 e. The van der Waals surface area contributed by atoms with Crippen molar-refractivity contribution in [2.75, 3.05) is 7.05 Å². The molecule has 0 radical (unpaired) electrons. The van der Waals surface area contributed by atoms with E-state index >= 15 is 0 Å². The lowest BCUT2D eigenvalue weighted by molar-refractivity contribution is 0.549. The molecule has 1 fully saturated rings. The van der Waals surface area contributed by atoms with Gasteiger partial charge in [0.1, 0.15) is 0 Å². The van der Waals surface area contributed by atoms with Crippen LogP contribution in [0.1, 0.15) is 26.2 Å². The highest BCUT2D eigenvalue weighted by molar-refractivity contribution is 9.12. The Morgan fingerprint density at radius 2 is 2.25 bits per heavy atom. The van der Waals surface area contributed by atoms with E-state index in [0.29, 0.717) is 5.41 Å². The van der Waals surface area contributed by atoms with E-state index in [-0.39, 0.29) is 0 Å². The van der Waals surface area contributed by atoms with Crippen LogP contribution < -0.4 is 5.32 Å². The van der Waals surface area contributed by atoms with E-state index in [1.807, 2.05) is 7.05 Å². The van der Waals surface area contributed by atoms with Gasteiger partial charge in [0.25, 0.3) is 0 Å². The summed E-state index contributed by atoms with van der Waals surface area (Å²) in [5.41, 5.74) is 1.64. The minimum atomic E-state index is 0.500. The predicted octanol–water partition coefficient (Wildman–Crippen LogP) is 2.65. The minimum absolute atomic E-state index is 0.500. The lowest BCUT2D eigenvalue weighted by atomic mass is 10.0. The fourth-order valence-electron chi connectivity index (χ4n) is 1.20. The largest absolute Gasteiger partial charge is 0.390 e. The van der Waals surface area contributed by atoms with Gasteiger partial charge in [-0.25, -0.2) is 0 Å². The number of rotatable bonds is 4. The van der Waals surface area contributed by atoms with Crippen LogP contribution in [0.25, 0.3) is 0 Å². The minimum Gasteiger partial charge on any atom is -0.390 e. The molecule has 0 unspecified atom stereocenters. The zero-order valence-electron chi connectivity index (χ0n) is 7.58. The Labute approximate surface area is 82.1 Å². The van der Waals surface area contributed by atoms with Crippen molar-refractivity contribution in [2.45, 2.75) is 26.2 Å². The number of hydrogen-bond acceptors (Lipinski definition) is 2. The van der Waals surface area contributed by atoms with Gasteiger partial charge in [0.05, 0.1) is 4.48 Å². The molecule has 0 bridgehead atoms. The third kappa shape index (κ3) is 2.34. The third-order valence-corrected chi connectivity index (χ3v) is 3.13. The molecule has 0 spiro atoms. The van der Waals surface area contributed by atoms with E-state index in [2.05, 4.69) is 28.2 Å². The summed E-state index contributed by atoms with van der Waals surface area (Å²) in [6.45, 7) is 2.29. The molecule has 2 N–H and O–H groups in total. The molecule has 0 atom stereocenters. The number of nitrogens with one attached hydrogen (secondary N) is 2. The molecule has 0 saturated heterocycles. The van der Waals surface area contributed by atoms with E-state index in [4.69, 9.17) is 5.41 Å². The topological polar surface area (TPSA) is 35.9 Å². The molecule has 0 heterocycles. The van der Waals surface area contributed by atoms with Crippen LogP contribution in [-0.4, -0.2) is 13.3 Å². The van der Waals surface area contributed by atoms with Crippen LogP contribution >= 0.6 is 15.9 Å². The summed E-state index contributed by atoms with van der Waals surface area (Å²) in [7, 11) is 1.91. The van der Waals surface area contributed by atoms with Crippen LogP contribution in [0.3, 0.4) is 0 Å². The molecule has 3 heteroatoms. The molecular formula is C9H15BrN2. The van der Waals surface area contributed by atoms with Crippen molar-refractivity contribution in [3.8, 4) is 0 Å². The monoisotopic (exact) mass is 230 g/mol. The third-order valence-electron chi connectivity index (χ3n) is 2.42. The molecule has 12 heavy (non-hydrogen) atoms. The second-order valence-corrected chi connectivity index (χ2v) is 4.56. The first-order valence-corrected chi connectivity index (χ1v) is 4.97. The summed E-state index contributed by atoms with van der Waals surface area (Å²) < 4.78 is 0.873. The predicted molar refractivity (Wildman–Crippen MR) is 55.8 cm³/mol. The van der Waals surface area contributed by atoms with E-state index in [0.717, 1.165) is 16.6 Å². The van der Waals surface area contributed by atoms with Crippen LogP contribution in [0, 0.1) is 10.8 Å². The van der Waals surface area contributed by atoms with E-state index in [1.165, 1.54) is 19.1 Å². The van der Waals surface area contributed by atoms with Crippen molar-refractivity contribution < 1.29 is 0 Å². The van der Waals surface area contributed by atoms with Crippen molar-refractivity contribution in [1.29, 1.82) is 5.41 Å². The Hall–Kier alpha value is -0.310. The summed E-state index contributed by atoms with van der Waals surface area (Å²) in [6.07, 6.45) is 5.03. The Balaban J connectivity index is 2.62. The van der Waals surface area contributed by atoms with Gasteiger partial charge in [-0.3, -0.25) is 0 Å². The van der Waals surface area contributed by atoms with Gasteiger partial charge in [-0.05, 0) is 40.6 Å². The molecule has 0 aliphatic heterocycles. The van der Waals surface area contributed by atoms with E-state index in [1.54, 1.807) is 0 Å². The summed E-state index contributed by atoms with van der Waals surface area (Å²) >= 11 is 3.36. The van der Waals surface area contributed by atoms with Gasteiger partial charge >= 0.3 is 0 Å². The van der Waals surface area contributed by atoms with Gasteiger partial charge in [-0.1, -0.05) is 6.92 Å². The molecule has 2 nitrogen and oxygen atoms in total. The zero-order chi connectivity index (χ0) is 9.19. The number of halogens is 1. The quantitative estimate of drug-likeness (QED) is 0.717. The molecule has 0 aromatic heterocycles. The van der Waals surface area contributed by atoms with E-state index in [9.17, 15) is 0 Å². The lowest BCUT2D eigenvalue weighted by Gasteiger charge is -2.12. The molecule has 0 aromatic carbocycles. The van der Waals surface area contributed by atoms with Gasteiger partial charge < -0.3 is 10.7 Å². The normalized spacial score (nSPS) is 21.2. The van der Waals surface area contributed by atoms with Crippen molar-refractivity contribution in [3.05, 3.63) is 10.2 Å². The molecular weight excluding hydrogens is 216 g/mol. The van der Waals surface area contributed by atoms with Crippen LogP contribution in [0.5, 0.6) is 0 Å². The maximum atomic E-state index is 7.10. The van der Waals surface area contributed by atoms with Crippen molar-refractivity contribution in [2.24, 2.45) is 5.41 Å². The molecule has 1 saturated carbocycles. The van der Waals surface area contributed by atoms with Crippen LogP contribution in [-0.2, 0) is 0 Å². The second kappa shape index (κ2) is 3.60. The maximum absolute atomic E-state index is 7.10. The average molecular weight is 231 g/mol. The molecule has 0 aromatic rings. The summed E-state index contributed by atoms with van der Waals surface area (Å²) in [6, 6.07) is 0. The van der Waals surface area contributed by atoms with Gasteiger partial charge in [0.15, 0.2) is 0 Å². The van der Waals surface area contributed by atoms with Crippen molar-refractivity contribution >= 4 is 22.1 Å². The first-order chi connectivity index (χ1) is 5.61. The standard InChI is InChI=1S/C9H15BrN2/c1-9(3-4-9)5-8(12-2)7(10)6-11/h6,11-12H,3-5H2,1-2H3/b8-7+,11-6?. The first kappa shape index (κ1) is 9.78. The van der Waals surface area contributed by atoms with Crippen LogP contribution in [0.2, 0.25) is 0 Å². The Morgan fingerprint density at radius 1 is 1.67 bits per heavy atom. The highest BCUT2D eigenvalue weighted by Gasteiger charge is 2.37. The van der Waals surface area contributed by atoms with Gasteiger partial charge in [0.2, 0.25) is 0 Å². The van der Waals surface area contributed by atoms with Crippen molar-refractivity contribution in [3.63, 3.8) is 0 Å². The zero-order valence-corrected chi connectivity index (χ0v) is 9.16. The molecule has 1 aliphatic rings. The molecule has 0 amide bonds. The molecule has 1 rings (SSSR count). The van der Waals surface area contributed by atoms with Gasteiger partial charge in [0, 0.05) is 19.0 Å². The summed E-state index contributed by atoms with van der Waals surface area (Å²) in [5, 5.41) is 10.2. The van der Waals surface area contributed by atoms with Crippen molar-refractivity contribution in [1.82, 2.24) is 5.32 Å². The van der Waals surface area contributed by atoms with Gasteiger partial charge in [-0.2, -0.15) is 0 Å². The summed E-state index contributed by atoms with van der Waals surface area (Å²) in [4.78, 5) is 0. The summed E-state index contributed by atoms with van der Waals surface area (Å²) in [5.74, 6) is 0. The number of hydrogen-bond donors (Lipinski definition) is 2. The Kier molecular flexibility index (Phi) is 2.94. The van der Waals surface area contributed by atoms with E-state index < -0.39 is 0 Å². The Bertz CT molecular complexity index is 217. The SMILES string of the molecule is CN/C(CC1(C)CC1)=C(/Br)C=N. The van der Waals surface area contributed by atoms with Crippen LogP contribution in [0.15, 0.2) is 10.2 Å². The lowest BCUT2D eigenvalue weighted by Crippen LogP contribution is -2.12. The molecule has 1 aliphatic carbocycles. The fourth-order valence-corrected chi connectivity index (χ4v) is 1.53. The fraction of sp³-hybridized carbons (Fsp3) is 0.667. The highest BCUT2D eigenvalue weighted by atomic mass is 79.9. The number of allylic oxidation sites excluding steroid dienone is 2. The Morgan fingerprint density at radius 3 is 2.58 bits per heavy atom. The highest BCUT2D eigenvalue weighted by Crippen LogP contribution is 2.49. The second-order valence-electron chi connectivity index (χ2n) is 3.71.